The zero-order chi connectivity index (χ0) is 18.1. The van der Waals surface area contributed by atoms with Gasteiger partial charge < -0.3 is 0 Å². The summed E-state index contributed by atoms with van der Waals surface area (Å²) in [7, 11) is 1.75. The molecule has 0 saturated heterocycles. The minimum atomic E-state index is -0.842. The summed E-state index contributed by atoms with van der Waals surface area (Å²) in [6.45, 7) is 0.335. The van der Waals surface area contributed by atoms with Crippen LogP contribution in [0.15, 0.2) is 53.5 Å². The van der Waals surface area contributed by atoms with Gasteiger partial charge in [-0.15, -0.1) is 0 Å². The summed E-state index contributed by atoms with van der Waals surface area (Å²) in [6, 6.07) is 13.6. The van der Waals surface area contributed by atoms with Crippen LogP contribution in [0.3, 0.4) is 0 Å². The fraction of sp³-hybridized carbons (Fsp3) is 0.222. The van der Waals surface area contributed by atoms with Crippen molar-refractivity contribution in [3.05, 3.63) is 59.7 Å². The van der Waals surface area contributed by atoms with Crippen LogP contribution in [-0.4, -0.2) is 37.5 Å². The van der Waals surface area contributed by atoms with Crippen molar-refractivity contribution in [2.45, 2.75) is 19.1 Å². The summed E-state index contributed by atoms with van der Waals surface area (Å²) in [4.78, 5) is 15.6. The van der Waals surface area contributed by atoms with Gasteiger partial charge in [-0.25, -0.2) is 0 Å². The van der Waals surface area contributed by atoms with E-state index in [-0.39, 0.29) is 12.2 Å². The molecule has 1 atom stereocenters. The maximum absolute atomic E-state index is 11.7. The Labute approximate surface area is 146 Å². The summed E-state index contributed by atoms with van der Waals surface area (Å²) in [5, 5.41) is 10.1. The molecule has 7 heteroatoms. The molecule has 0 aliphatic heterocycles. The van der Waals surface area contributed by atoms with E-state index in [2.05, 4.69) is 9.73 Å². The van der Waals surface area contributed by atoms with Crippen LogP contribution in [0.1, 0.15) is 11.1 Å². The van der Waals surface area contributed by atoms with Gasteiger partial charge in [0.25, 0.3) is 0 Å². The van der Waals surface area contributed by atoms with Gasteiger partial charge in [0, 0.05) is 0 Å². The number of aromatic hydroxyl groups is 1. The van der Waals surface area contributed by atoms with Gasteiger partial charge in [0.05, 0.1) is 0 Å². The molecular formula is C18H18BNO5. The van der Waals surface area contributed by atoms with Gasteiger partial charge in [0.2, 0.25) is 0 Å². The van der Waals surface area contributed by atoms with Crippen LogP contribution in [0.5, 0.6) is 11.5 Å². The van der Waals surface area contributed by atoms with E-state index >= 15 is 0 Å². The van der Waals surface area contributed by atoms with E-state index in [9.17, 15) is 14.6 Å². The number of benzene rings is 2. The average Bonchev–Trinajstić information content (AvgIpc) is 2.64. The molecule has 2 rings (SSSR count). The first-order chi connectivity index (χ1) is 12.1. The zero-order valence-corrected chi connectivity index (χ0v) is 13.8. The van der Waals surface area contributed by atoms with Crippen molar-refractivity contribution in [2.75, 3.05) is 7.11 Å². The Morgan fingerprint density at radius 3 is 2.64 bits per heavy atom. The molecule has 25 heavy (non-hydrogen) atoms. The molecule has 0 aromatic heterocycles. The molecule has 0 amide bonds. The van der Waals surface area contributed by atoms with Crippen LogP contribution < -0.4 is 4.74 Å². The van der Waals surface area contributed by atoms with E-state index in [1.807, 2.05) is 30.3 Å². The summed E-state index contributed by atoms with van der Waals surface area (Å²) in [5.41, 5.74) is 1.66. The molecular weight excluding hydrogens is 321 g/mol. The predicted molar refractivity (Wildman–Crippen MR) is 93.3 cm³/mol. The number of phenolic OH excluding ortho intramolecular Hbond substituents is 1. The standard InChI is InChI=1S/C18H18BNO5/c1-24-18(22)15(20-12-19-23)9-14-7-8-17(16(21)10-14)25-11-13-5-3-2-4-6-13/h2-8,10,12,15,21H,9,11H2,1H3/t15-/m0/s1. The Kier molecular flexibility index (Phi) is 6.89. The molecule has 0 fully saturated rings. The number of nitrogens with zero attached hydrogens (tertiary/aromatic N) is 1. The van der Waals surface area contributed by atoms with Crippen LogP contribution in [0.4, 0.5) is 0 Å². The molecule has 0 aliphatic carbocycles. The maximum atomic E-state index is 11.7. The first kappa shape index (κ1) is 18.4. The molecule has 128 valence electrons. The van der Waals surface area contributed by atoms with Crippen LogP contribution >= 0.6 is 0 Å². The molecule has 0 heterocycles. The Balaban J connectivity index is 2.05. The van der Waals surface area contributed by atoms with Crippen LogP contribution in [0.2, 0.25) is 0 Å². The van der Waals surface area contributed by atoms with Crippen molar-refractivity contribution >= 4 is 19.2 Å². The second-order valence-electron chi connectivity index (χ2n) is 5.25. The number of esters is 1. The second kappa shape index (κ2) is 9.37. The van der Waals surface area contributed by atoms with Gasteiger partial charge >= 0.3 is 127 Å². The quantitative estimate of drug-likeness (QED) is 0.452. The molecule has 0 aliphatic rings. The molecule has 2 aromatic rings. The van der Waals surface area contributed by atoms with E-state index in [0.717, 1.165) is 11.7 Å². The topological polar surface area (TPSA) is 85.2 Å². The molecule has 0 radical (unpaired) electrons. The Morgan fingerprint density at radius 1 is 1.24 bits per heavy atom. The number of hydrogen-bond donors (Lipinski definition) is 1. The Bertz CT molecular complexity index is 748. The predicted octanol–water partition coefficient (Wildman–Crippen LogP) is 2.13. The number of ether oxygens (including phenoxy) is 2. The first-order valence-electron chi connectivity index (χ1n) is 7.67. The van der Waals surface area contributed by atoms with E-state index in [1.165, 1.54) is 13.2 Å². The van der Waals surface area contributed by atoms with Gasteiger partial charge in [-0.2, -0.15) is 0 Å². The third-order valence-electron chi connectivity index (χ3n) is 3.49. The summed E-state index contributed by atoms with van der Waals surface area (Å²) in [5.74, 6) is -0.239. The van der Waals surface area contributed by atoms with Crippen LogP contribution in [-0.2, 0) is 27.3 Å². The normalized spacial score (nSPS) is 11.7. The SMILES string of the molecule is COC(=O)[C@H](Cc1ccc(OCc2ccccc2)c(O)c1)N=CB=O. The van der Waals surface area contributed by atoms with E-state index in [4.69, 9.17) is 4.74 Å². The molecule has 0 spiro atoms. The molecule has 0 unspecified atom stereocenters. The summed E-state index contributed by atoms with van der Waals surface area (Å²) < 4.78 is 20.7. The van der Waals surface area contributed by atoms with Crippen molar-refractivity contribution in [1.82, 2.24) is 0 Å². The van der Waals surface area contributed by atoms with Gasteiger partial charge in [-0.1, -0.05) is 18.2 Å². The van der Waals surface area contributed by atoms with Crippen molar-refractivity contribution in [3.8, 4) is 11.5 Å². The van der Waals surface area contributed by atoms with Gasteiger partial charge in [0.1, 0.15) is 0 Å². The molecule has 2 aromatic carbocycles. The number of carbonyl (C=O) groups is 1. The van der Waals surface area contributed by atoms with Crippen molar-refractivity contribution in [1.29, 1.82) is 0 Å². The van der Waals surface area contributed by atoms with E-state index in [1.54, 1.807) is 12.1 Å². The monoisotopic (exact) mass is 339 g/mol. The second-order valence-corrected chi connectivity index (χ2v) is 5.25. The van der Waals surface area contributed by atoms with Gasteiger partial charge in [-0.05, 0) is 0 Å². The molecule has 1 N–H and O–H groups in total. The minimum absolute atomic E-state index is 0.0311. The summed E-state index contributed by atoms with van der Waals surface area (Å²) >= 11 is 0. The number of carbonyl (C=O) groups excluding carboxylic acids is 1. The number of rotatable bonds is 8. The number of hydrogen-bond acceptors (Lipinski definition) is 6. The first-order valence-corrected chi connectivity index (χ1v) is 7.67. The average molecular weight is 339 g/mol. The fourth-order valence-corrected chi connectivity index (χ4v) is 2.24. The van der Waals surface area contributed by atoms with Crippen molar-refractivity contribution in [2.24, 2.45) is 4.99 Å². The summed E-state index contributed by atoms with van der Waals surface area (Å²) in [6.07, 6.45) is 1.21. The van der Waals surface area contributed by atoms with Crippen LogP contribution in [0.25, 0.3) is 0 Å². The van der Waals surface area contributed by atoms with Gasteiger partial charge in [0.15, 0.2) is 0 Å². The van der Waals surface area contributed by atoms with Crippen LogP contribution in [0, 0.1) is 0 Å². The Hall–Kier alpha value is -2.96. The molecule has 6 nitrogen and oxygen atoms in total. The zero-order valence-electron chi connectivity index (χ0n) is 13.8. The van der Waals surface area contributed by atoms with E-state index < -0.39 is 12.0 Å². The third kappa shape index (κ3) is 5.56. The van der Waals surface area contributed by atoms with Crippen molar-refractivity contribution in [3.63, 3.8) is 0 Å². The molecule has 0 bridgehead atoms. The molecule has 0 saturated carbocycles. The van der Waals surface area contributed by atoms with Crippen molar-refractivity contribution < 1.29 is 24.1 Å². The van der Waals surface area contributed by atoms with Gasteiger partial charge in [-0.3, -0.25) is 0 Å². The van der Waals surface area contributed by atoms with E-state index in [0.29, 0.717) is 25.1 Å². The number of phenols is 1. The third-order valence-corrected chi connectivity index (χ3v) is 3.49. The number of methoxy groups -OCH3 is 1. The fourth-order valence-electron chi connectivity index (χ4n) is 2.24. The number of aliphatic imine (C=N–C) groups is 1. The Morgan fingerprint density at radius 2 is 2.00 bits per heavy atom.